The molecular formula is C16H19CrNO5. The maximum atomic E-state index is 11.9. The molecule has 0 N–H and O–H groups in total. The molecule has 0 atom stereocenters. The van der Waals surface area contributed by atoms with Crippen molar-refractivity contribution in [2.24, 2.45) is 0 Å². The molecule has 0 radical (unpaired) electrons. The largest absolute Gasteiger partial charge is 0 e. The van der Waals surface area contributed by atoms with Gasteiger partial charge >= 0.3 is 40.0 Å². The number of para-hydroxylation sites is 1. The first-order chi connectivity index (χ1) is 10.5. The number of benzene rings is 1. The smallest absolute Gasteiger partial charge is 0 e. The van der Waals surface area contributed by atoms with E-state index >= 15 is 0 Å². The van der Waals surface area contributed by atoms with Gasteiger partial charge in [-0.3, -0.25) is 0 Å². The van der Waals surface area contributed by atoms with Gasteiger partial charge in [0.05, 0.1) is 0 Å². The minimum absolute atomic E-state index is 0. The summed E-state index contributed by atoms with van der Waals surface area (Å²) < 4.78 is 27.8. The van der Waals surface area contributed by atoms with Crippen LogP contribution >= 0.6 is 0 Å². The standard InChI is InChI=1S/C13H19NO2.3CO.Cr/c1-10(2)14(11(3)4)13(15)16-12-8-6-5-7-9-12;3*1-2;/h5-11H,1-4H3;;;;. The summed E-state index contributed by atoms with van der Waals surface area (Å²) in [4.78, 5) is 13.6. The van der Waals surface area contributed by atoms with Crippen LogP contribution in [0.4, 0.5) is 4.79 Å². The predicted octanol–water partition coefficient (Wildman–Crippen LogP) is 3.19. The van der Waals surface area contributed by atoms with Crippen LogP contribution in [0.2, 0.25) is 0 Å². The van der Waals surface area contributed by atoms with Crippen molar-refractivity contribution in [3.8, 4) is 5.75 Å². The SMILES string of the molecule is CC(C)N(C(=O)Oc1ccccc1)C(C)C.[C-]#[O+].[C-]#[O+].[C-]#[O+].[Cr]. The normalized spacial score (nSPS) is 7.65. The topological polar surface area (TPSA) is 89.2 Å². The van der Waals surface area contributed by atoms with E-state index in [0.717, 1.165) is 0 Å². The van der Waals surface area contributed by atoms with E-state index in [0.29, 0.717) is 5.75 Å². The van der Waals surface area contributed by atoms with Gasteiger partial charge in [0, 0.05) is 29.4 Å². The van der Waals surface area contributed by atoms with E-state index in [1.807, 2.05) is 45.9 Å². The fourth-order valence-corrected chi connectivity index (χ4v) is 1.66. The van der Waals surface area contributed by atoms with Crippen molar-refractivity contribution in [1.82, 2.24) is 4.90 Å². The number of nitrogens with zero attached hydrogens (tertiary/aromatic N) is 1. The maximum absolute atomic E-state index is 11.9. The number of amides is 1. The summed E-state index contributed by atoms with van der Waals surface area (Å²) in [6, 6.07) is 9.40. The van der Waals surface area contributed by atoms with E-state index in [1.54, 1.807) is 17.0 Å². The van der Waals surface area contributed by atoms with Gasteiger partial charge in [0.15, 0.2) is 0 Å². The molecule has 1 amide bonds. The molecule has 0 saturated heterocycles. The van der Waals surface area contributed by atoms with Gasteiger partial charge in [0.25, 0.3) is 0 Å². The van der Waals surface area contributed by atoms with Gasteiger partial charge in [-0.2, -0.15) is 0 Å². The third-order valence-corrected chi connectivity index (χ3v) is 2.27. The van der Waals surface area contributed by atoms with Gasteiger partial charge in [-0.05, 0) is 39.8 Å². The molecule has 7 heteroatoms. The molecule has 0 unspecified atom stereocenters. The van der Waals surface area contributed by atoms with E-state index in [1.165, 1.54) is 0 Å². The first-order valence-corrected chi connectivity index (χ1v) is 6.18. The number of rotatable bonds is 3. The molecule has 0 spiro atoms. The second-order valence-electron chi connectivity index (χ2n) is 4.28. The van der Waals surface area contributed by atoms with Gasteiger partial charge in [0.1, 0.15) is 5.75 Å². The Hall–Kier alpha value is -1.76. The molecule has 23 heavy (non-hydrogen) atoms. The summed E-state index contributed by atoms with van der Waals surface area (Å²) >= 11 is 0. The maximum Gasteiger partial charge on any atom is 0 e. The molecule has 0 aliphatic carbocycles. The minimum Gasteiger partial charge on any atom is 0 e. The van der Waals surface area contributed by atoms with Crippen molar-refractivity contribution >= 4 is 6.09 Å². The number of carbonyl (C=O) groups excluding carboxylic acids is 1. The molecule has 1 aromatic carbocycles. The van der Waals surface area contributed by atoms with E-state index in [4.69, 9.17) is 18.7 Å². The third kappa shape index (κ3) is 13.6. The first-order valence-electron chi connectivity index (χ1n) is 6.18. The zero-order valence-electron chi connectivity index (χ0n) is 13.4. The number of hydrogen-bond acceptors (Lipinski definition) is 2. The Balaban J connectivity index is -0.000000231. The first kappa shape index (κ1) is 29.3. The van der Waals surface area contributed by atoms with E-state index in [2.05, 4.69) is 20.0 Å². The predicted molar refractivity (Wildman–Crippen MR) is 76.4 cm³/mol. The van der Waals surface area contributed by atoms with Crippen LogP contribution in [0, 0.1) is 20.0 Å². The molecule has 0 aliphatic heterocycles. The van der Waals surface area contributed by atoms with Crippen LogP contribution in [-0.2, 0) is 31.3 Å². The molecule has 0 fully saturated rings. The van der Waals surface area contributed by atoms with Crippen LogP contribution in [0.15, 0.2) is 30.3 Å². The average molecular weight is 357 g/mol. The van der Waals surface area contributed by atoms with Crippen molar-refractivity contribution in [1.29, 1.82) is 0 Å². The summed E-state index contributed by atoms with van der Waals surface area (Å²) in [7, 11) is 0. The van der Waals surface area contributed by atoms with Gasteiger partial charge in [0.2, 0.25) is 0 Å². The number of ether oxygens (including phenoxy) is 1. The zero-order valence-corrected chi connectivity index (χ0v) is 14.7. The Kier molecular flexibility index (Phi) is 25.8. The molecule has 0 bridgehead atoms. The average Bonchev–Trinajstić information content (AvgIpc) is 2.53. The Bertz CT molecular complexity index is 432. The Morgan fingerprint density at radius 1 is 0.913 bits per heavy atom. The number of carbonyl (C=O) groups is 1. The monoisotopic (exact) mass is 357 g/mol. The molecule has 6 nitrogen and oxygen atoms in total. The van der Waals surface area contributed by atoms with Crippen LogP contribution < -0.4 is 4.74 Å². The van der Waals surface area contributed by atoms with Crippen LogP contribution in [0.25, 0.3) is 0 Å². The summed E-state index contributed by atoms with van der Waals surface area (Å²) in [6.45, 7) is 21.4. The van der Waals surface area contributed by atoms with E-state index in [9.17, 15) is 4.79 Å². The quantitative estimate of drug-likeness (QED) is 0.614. The number of hydrogen-bond donors (Lipinski definition) is 0. The molecule has 1 rings (SSSR count). The van der Waals surface area contributed by atoms with Gasteiger partial charge in [-0.1, -0.05) is 18.2 Å². The Morgan fingerprint density at radius 2 is 1.26 bits per heavy atom. The van der Waals surface area contributed by atoms with E-state index < -0.39 is 0 Å². The van der Waals surface area contributed by atoms with Crippen molar-refractivity contribution < 1.29 is 40.8 Å². The minimum atomic E-state index is -0.295. The van der Waals surface area contributed by atoms with Crippen LogP contribution in [0.5, 0.6) is 5.75 Å². The van der Waals surface area contributed by atoms with Crippen LogP contribution in [0.3, 0.4) is 0 Å². The zero-order chi connectivity index (χ0) is 18.1. The van der Waals surface area contributed by atoms with Crippen molar-refractivity contribution in [2.75, 3.05) is 0 Å². The van der Waals surface area contributed by atoms with Crippen molar-refractivity contribution in [3.05, 3.63) is 50.3 Å². The second kappa shape index (κ2) is 20.2. The van der Waals surface area contributed by atoms with Gasteiger partial charge in [-0.25, -0.2) is 4.79 Å². The molecular weight excluding hydrogens is 338 g/mol. The third-order valence-electron chi connectivity index (χ3n) is 2.27. The summed E-state index contributed by atoms with van der Waals surface area (Å²) in [5, 5.41) is 0. The van der Waals surface area contributed by atoms with Crippen molar-refractivity contribution in [3.63, 3.8) is 0 Å². The molecule has 124 valence electrons. The Morgan fingerprint density at radius 3 is 1.57 bits per heavy atom. The van der Waals surface area contributed by atoms with Crippen LogP contribution in [-0.4, -0.2) is 23.1 Å². The summed E-state index contributed by atoms with van der Waals surface area (Å²) in [6.07, 6.45) is -0.295. The summed E-state index contributed by atoms with van der Waals surface area (Å²) in [5.41, 5.74) is 0. The van der Waals surface area contributed by atoms with Crippen molar-refractivity contribution in [2.45, 2.75) is 39.8 Å². The molecule has 0 aromatic heterocycles. The Labute approximate surface area is 148 Å². The van der Waals surface area contributed by atoms with Gasteiger partial charge in [-0.15, -0.1) is 0 Å². The molecule has 0 aliphatic rings. The van der Waals surface area contributed by atoms with Gasteiger partial charge < -0.3 is 9.64 Å². The second-order valence-corrected chi connectivity index (χ2v) is 4.28. The molecule has 0 saturated carbocycles. The fraction of sp³-hybridized carbons (Fsp3) is 0.375. The molecule has 0 heterocycles. The molecule has 1 aromatic rings. The van der Waals surface area contributed by atoms with Crippen LogP contribution in [0.1, 0.15) is 27.7 Å². The summed E-state index contributed by atoms with van der Waals surface area (Å²) in [5.74, 6) is 0.582. The van der Waals surface area contributed by atoms with E-state index in [-0.39, 0.29) is 35.5 Å². The fourth-order valence-electron chi connectivity index (χ4n) is 1.66.